The second kappa shape index (κ2) is 5.85. The van der Waals surface area contributed by atoms with Crippen LogP contribution in [0.2, 0.25) is 0 Å². The van der Waals surface area contributed by atoms with Gasteiger partial charge >= 0.3 is 0 Å². The summed E-state index contributed by atoms with van der Waals surface area (Å²) in [6.45, 7) is 4.03. The van der Waals surface area contributed by atoms with Crippen molar-refractivity contribution in [2.24, 2.45) is 0 Å². The predicted octanol–water partition coefficient (Wildman–Crippen LogP) is 1.60. The first-order chi connectivity index (χ1) is 7.85. The number of carbonyl (C=O) groups excluding carboxylic acids is 1. The first-order valence-corrected chi connectivity index (χ1v) is 8.40. The van der Waals surface area contributed by atoms with Crippen LogP contribution in [0.5, 0.6) is 0 Å². The first-order valence-electron chi connectivity index (χ1n) is 6.34. The number of carbonyl (C=O) groups is 1. The molecule has 0 aliphatic heterocycles. The topological polar surface area (TPSA) is 54.5 Å². The Morgan fingerprint density at radius 2 is 1.88 bits per heavy atom. The van der Waals surface area contributed by atoms with Gasteiger partial charge in [-0.3, -0.25) is 4.79 Å². The van der Waals surface area contributed by atoms with Crippen molar-refractivity contribution in [2.75, 3.05) is 12.0 Å². The van der Waals surface area contributed by atoms with Gasteiger partial charge in [-0.1, -0.05) is 19.8 Å². The minimum atomic E-state index is -3.23. The molecular formula is C12H23NO3S. The lowest BCUT2D eigenvalue weighted by Gasteiger charge is -2.34. The van der Waals surface area contributed by atoms with Crippen LogP contribution in [0.4, 0.5) is 0 Å². The van der Waals surface area contributed by atoms with Crippen molar-refractivity contribution >= 4 is 15.7 Å². The highest BCUT2D eigenvalue weighted by molar-refractivity contribution is 7.91. The summed E-state index contributed by atoms with van der Waals surface area (Å²) < 4.78 is 22.4. The minimum Gasteiger partial charge on any atom is -0.336 e. The van der Waals surface area contributed by atoms with Crippen LogP contribution < -0.4 is 0 Å². The number of hydrogen-bond donors (Lipinski definition) is 0. The monoisotopic (exact) mass is 261 g/mol. The Morgan fingerprint density at radius 3 is 2.29 bits per heavy atom. The molecule has 0 saturated heterocycles. The van der Waals surface area contributed by atoms with Crippen molar-refractivity contribution in [2.45, 2.75) is 58.0 Å². The van der Waals surface area contributed by atoms with Gasteiger partial charge in [0.15, 0.2) is 9.84 Å². The summed E-state index contributed by atoms with van der Waals surface area (Å²) in [6.07, 6.45) is 6.30. The zero-order chi connectivity index (χ0) is 13.1. The van der Waals surface area contributed by atoms with Gasteiger partial charge in [0.25, 0.3) is 0 Å². The highest BCUT2D eigenvalue weighted by atomic mass is 32.2. The van der Waals surface area contributed by atoms with E-state index in [4.69, 9.17) is 0 Å². The van der Waals surface area contributed by atoms with E-state index in [9.17, 15) is 13.2 Å². The normalized spacial score (nSPS) is 19.2. The smallest absolute Gasteiger partial charge is 0.238 e. The first kappa shape index (κ1) is 14.5. The van der Waals surface area contributed by atoms with E-state index in [0.717, 1.165) is 38.4 Å². The van der Waals surface area contributed by atoms with Crippen molar-refractivity contribution < 1.29 is 13.2 Å². The van der Waals surface area contributed by atoms with Crippen molar-refractivity contribution in [1.29, 1.82) is 0 Å². The van der Waals surface area contributed by atoms with Crippen molar-refractivity contribution in [3.05, 3.63) is 0 Å². The standard InChI is InChI=1S/C12H23NO3S/c1-4-10(2)13(11-7-5-6-8-11)12(14)9-17(3,15)16/h10-11H,4-9H2,1-3H3. The Balaban J connectivity index is 2.78. The molecule has 1 unspecified atom stereocenters. The van der Waals surface area contributed by atoms with Gasteiger partial charge in [0.1, 0.15) is 5.75 Å². The lowest BCUT2D eigenvalue weighted by Crippen LogP contribution is -2.47. The molecule has 0 N–H and O–H groups in total. The summed E-state index contributed by atoms with van der Waals surface area (Å²) in [7, 11) is -3.23. The van der Waals surface area contributed by atoms with Crippen LogP contribution >= 0.6 is 0 Å². The van der Waals surface area contributed by atoms with Gasteiger partial charge in [-0.05, 0) is 26.2 Å². The minimum absolute atomic E-state index is 0.132. The zero-order valence-electron chi connectivity index (χ0n) is 11.0. The van der Waals surface area contributed by atoms with Gasteiger partial charge in [-0.2, -0.15) is 0 Å². The Labute approximate surface area is 104 Å². The van der Waals surface area contributed by atoms with Gasteiger partial charge in [-0.25, -0.2) is 8.42 Å². The molecule has 100 valence electrons. The molecule has 5 heteroatoms. The second-order valence-electron chi connectivity index (χ2n) is 5.07. The summed E-state index contributed by atoms with van der Waals surface area (Å²) >= 11 is 0. The predicted molar refractivity (Wildman–Crippen MR) is 68.6 cm³/mol. The van der Waals surface area contributed by atoms with Crippen LogP contribution in [0.15, 0.2) is 0 Å². The molecule has 0 radical (unpaired) electrons. The number of hydrogen-bond acceptors (Lipinski definition) is 3. The molecule has 1 atom stereocenters. The molecule has 1 aliphatic carbocycles. The van der Waals surface area contributed by atoms with E-state index in [1.54, 1.807) is 0 Å². The number of sulfone groups is 1. The average molecular weight is 261 g/mol. The molecule has 1 aliphatic rings. The summed E-state index contributed by atoms with van der Waals surface area (Å²) in [5, 5.41) is 0. The second-order valence-corrected chi connectivity index (χ2v) is 7.21. The van der Waals surface area contributed by atoms with Gasteiger partial charge in [0.05, 0.1) is 0 Å². The maximum absolute atomic E-state index is 12.1. The molecule has 1 amide bonds. The lowest BCUT2D eigenvalue weighted by molar-refractivity contribution is -0.133. The van der Waals surface area contributed by atoms with Crippen LogP contribution in [0.3, 0.4) is 0 Å². The molecule has 1 fully saturated rings. The maximum Gasteiger partial charge on any atom is 0.238 e. The molecule has 0 aromatic heterocycles. The third-order valence-corrected chi connectivity index (χ3v) is 4.23. The van der Waals surface area contributed by atoms with E-state index < -0.39 is 9.84 Å². The maximum atomic E-state index is 12.1. The lowest BCUT2D eigenvalue weighted by atomic mass is 10.1. The van der Waals surface area contributed by atoms with E-state index >= 15 is 0 Å². The average Bonchev–Trinajstić information content (AvgIpc) is 2.68. The molecule has 0 aromatic carbocycles. The highest BCUT2D eigenvalue weighted by Crippen LogP contribution is 2.26. The highest BCUT2D eigenvalue weighted by Gasteiger charge is 2.30. The quantitative estimate of drug-likeness (QED) is 0.755. The molecule has 4 nitrogen and oxygen atoms in total. The van der Waals surface area contributed by atoms with Crippen molar-refractivity contribution in [1.82, 2.24) is 4.90 Å². The summed E-state index contributed by atoms with van der Waals surface area (Å²) in [5.74, 6) is -0.581. The molecule has 0 bridgehead atoms. The van der Waals surface area contributed by atoms with Crippen LogP contribution in [0.1, 0.15) is 46.0 Å². The molecule has 0 heterocycles. The Bertz CT molecular complexity index is 358. The third-order valence-electron chi connectivity index (χ3n) is 3.46. The SMILES string of the molecule is CCC(C)N(C(=O)CS(C)(=O)=O)C1CCCC1. The Hall–Kier alpha value is -0.580. The van der Waals surface area contributed by atoms with E-state index in [-0.39, 0.29) is 23.7 Å². The summed E-state index contributed by atoms with van der Waals surface area (Å²) in [5.41, 5.74) is 0. The Kier molecular flexibility index (Phi) is 4.98. The fourth-order valence-corrected chi connectivity index (χ4v) is 3.08. The van der Waals surface area contributed by atoms with Crippen LogP contribution in [0.25, 0.3) is 0 Å². The fraction of sp³-hybridized carbons (Fsp3) is 0.917. The van der Waals surface area contributed by atoms with Crippen LogP contribution in [-0.4, -0.2) is 43.3 Å². The molecule has 0 spiro atoms. The van der Waals surface area contributed by atoms with Gasteiger partial charge in [-0.15, -0.1) is 0 Å². The number of rotatable bonds is 5. The van der Waals surface area contributed by atoms with Crippen LogP contribution in [0, 0.1) is 0 Å². The fourth-order valence-electron chi connectivity index (χ4n) is 2.49. The van der Waals surface area contributed by atoms with E-state index in [1.807, 2.05) is 18.7 Å². The largest absolute Gasteiger partial charge is 0.336 e. The summed E-state index contributed by atoms with van der Waals surface area (Å²) in [6, 6.07) is 0.381. The van der Waals surface area contributed by atoms with Gasteiger partial charge in [0, 0.05) is 18.3 Å². The molecule has 0 aromatic rings. The van der Waals surface area contributed by atoms with E-state index in [2.05, 4.69) is 0 Å². The van der Waals surface area contributed by atoms with Crippen molar-refractivity contribution in [3.8, 4) is 0 Å². The number of nitrogens with zero attached hydrogens (tertiary/aromatic N) is 1. The van der Waals surface area contributed by atoms with E-state index in [1.165, 1.54) is 0 Å². The number of amides is 1. The van der Waals surface area contributed by atoms with Gasteiger partial charge < -0.3 is 4.90 Å². The van der Waals surface area contributed by atoms with E-state index in [0.29, 0.717) is 0 Å². The Morgan fingerprint density at radius 1 is 1.35 bits per heavy atom. The molecular weight excluding hydrogens is 238 g/mol. The summed E-state index contributed by atoms with van der Waals surface area (Å²) in [4.78, 5) is 13.9. The van der Waals surface area contributed by atoms with Gasteiger partial charge in [0.2, 0.25) is 5.91 Å². The molecule has 17 heavy (non-hydrogen) atoms. The molecule has 1 saturated carbocycles. The van der Waals surface area contributed by atoms with Crippen molar-refractivity contribution in [3.63, 3.8) is 0 Å². The third kappa shape index (κ3) is 4.30. The molecule has 1 rings (SSSR count). The van der Waals surface area contributed by atoms with Crippen LogP contribution in [-0.2, 0) is 14.6 Å². The zero-order valence-corrected chi connectivity index (χ0v) is 11.8.